The Morgan fingerprint density at radius 3 is 2.69 bits per heavy atom. The number of amides is 1. The molecule has 4 aromatic rings. The van der Waals surface area contributed by atoms with E-state index in [1.807, 2.05) is 43.6 Å². The highest BCUT2D eigenvalue weighted by Crippen LogP contribution is 2.35. The Hall–Kier alpha value is -4.05. The number of aliphatic hydroxyl groups is 1. The van der Waals surface area contributed by atoms with Crippen LogP contribution in [0.1, 0.15) is 12.2 Å². The molecule has 1 saturated heterocycles. The van der Waals surface area contributed by atoms with E-state index in [1.54, 1.807) is 30.2 Å². The van der Waals surface area contributed by atoms with Gasteiger partial charge < -0.3 is 19.8 Å². The summed E-state index contributed by atoms with van der Waals surface area (Å²) < 4.78 is 7.06. The van der Waals surface area contributed by atoms with E-state index in [2.05, 4.69) is 25.5 Å². The van der Waals surface area contributed by atoms with E-state index in [4.69, 9.17) is 4.52 Å². The fraction of sp³-hybridized carbons (Fsp3) is 0.227. The first-order valence-electron chi connectivity index (χ1n) is 10.1. The first-order valence-corrected chi connectivity index (χ1v) is 10.1. The van der Waals surface area contributed by atoms with Gasteiger partial charge in [0.2, 0.25) is 11.5 Å². The van der Waals surface area contributed by atoms with Crippen molar-refractivity contribution >= 4 is 17.5 Å². The SMILES string of the molecule is CN1CC[C@@](O)(c2cc(-c3cccc(-c4ccnc(Nc5cnn(C)c5)n4)c3)no2)C1=O. The van der Waals surface area contributed by atoms with Crippen molar-refractivity contribution in [3.8, 4) is 22.5 Å². The second kappa shape index (κ2) is 7.57. The van der Waals surface area contributed by atoms with Crippen molar-refractivity contribution in [3.63, 3.8) is 0 Å². The van der Waals surface area contributed by atoms with E-state index in [9.17, 15) is 9.90 Å². The molecule has 2 N–H and O–H groups in total. The van der Waals surface area contributed by atoms with Crippen molar-refractivity contribution in [2.75, 3.05) is 18.9 Å². The molecular weight excluding hydrogens is 410 g/mol. The van der Waals surface area contributed by atoms with Crippen LogP contribution in [0, 0.1) is 0 Å². The smallest absolute Gasteiger partial charge is 0.262 e. The van der Waals surface area contributed by atoms with Crippen LogP contribution in [-0.2, 0) is 17.4 Å². The van der Waals surface area contributed by atoms with Gasteiger partial charge in [0.1, 0.15) is 5.69 Å². The number of likely N-dealkylation sites (tertiary alicyclic amines) is 1. The van der Waals surface area contributed by atoms with E-state index in [0.717, 1.165) is 22.5 Å². The second-order valence-corrected chi connectivity index (χ2v) is 7.79. The highest BCUT2D eigenvalue weighted by Gasteiger charge is 2.48. The lowest BCUT2D eigenvalue weighted by Crippen LogP contribution is -2.35. The Morgan fingerprint density at radius 1 is 1.16 bits per heavy atom. The van der Waals surface area contributed by atoms with E-state index in [-0.39, 0.29) is 18.1 Å². The lowest BCUT2D eigenvalue weighted by atomic mass is 9.98. The van der Waals surface area contributed by atoms with Crippen molar-refractivity contribution in [3.05, 3.63) is 60.7 Å². The fourth-order valence-corrected chi connectivity index (χ4v) is 3.72. The summed E-state index contributed by atoms with van der Waals surface area (Å²) >= 11 is 0. The molecule has 1 aromatic carbocycles. The summed E-state index contributed by atoms with van der Waals surface area (Å²) in [5.41, 5.74) is 2.01. The van der Waals surface area contributed by atoms with Gasteiger partial charge in [0, 0.05) is 56.6 Å². The molecule has 0 bridgehead atoms. The van der Waals surface area contributed by atoms with Crippen LogP contribution < -0.4 is 5.32 Å². The second-order valence-electron chi connectivity index (χ2n) is 7.79. The van der Waals surface area contributed by atoms with Gasteiger partial charge in [-0.2, -0.15) is 5.10 Å². The van der Waals surface area contributed by atoms with Crippen molar-refractivity contribution < 1.29 is 14.4 Å². The molecule has 1 amide bonds. The number of hydrogen-bond acceptors (Lipinski definition) is 8. The number of nitrogens with zero attached hydrogens (tertiary/aromatic N) is 6. The molecule has 10 nitrogen and oxygen atoms in total. The van der Waals surface area contributed by atoms with Crippen LogP contribution in [0.3, 0.4) is 0 Å². The highest BCUT2D eigenvalue weighted by atomic mass is 16.5. The first-order chi connectivity index (χ1) is 15.4. The standard InChI is InChI=1S/C22H21N7O3/c1-28-9-7-22(31,20(28)30)19-11-18(27-32-19)15-5-3-4-14(10-15)17-6-8-23-21(26-17)25-16-12-24-29(2)13-16/h3-6,8,10-13,31H,7,9H2,1-2H3,(H,23,25,26)/t22-/m1/s1. The molecule has 1 aliphatic heterocycles. The van der Waals surface area contributed by atoms with Crippen LogP contribution in [0.2, 0.25) is 0 Å². The van der Waals surface area contributed by atoms with Crippen LogP contribution in [0.25, 0.3) is 22.5 Å². The molecule has 1 aliphatic rings. The monoisotopic (exact) mass is 431 g/mol. The lowest BCUT2D eigenvalue weighted by molar-refractivity contribution is -0.144. The van der Waals surface area contributed by atoms with Crippen LogP contribution >= 0.6 is 0 Å². The number of nitrogens with one attached hydrogen (secondary N) is 1. The summed E-state index contributed by atoms with van der Waals surface area (Å²) in [7, 11) is 3.49. The predicted octanol–water partition coefficient (Wildman–Crippen LogP) is 2.33. The van der Waals surface area contributed by atoms with Gasteiger partial charge in [0.25, 0.3) is 5.91 Å². The number of likely N-dealkylation sites (N-methyl/N-ethyl adjacent to an activating group) is 1. The normalized spacial score (nSPS) is 18.3. The van der Waals surface area contributed by atoms with Gasteiger partial charge in [-0.05, 0) is 12.1 Å². The first kappa shape index (κ1) is 19.9. The zero-order chi connectivity index (χ0) is 22.3. The van der Waals surface area contributed by atoms with Gasteiger partial charge in [-0.25, -0.2) is 9.97 Å². The average Bonchev–Trinajstić information content (AvgIpc) is 3.52. The van der Waals surface area contributed by atoms with Gasteiger partial charge in [-0.1, -0.05) is 23.4 Å². The highest BCUT2D eigenvalue weighted by molar-refractivity contribution is 5.87. The fourth-order valence-electron chi connectivity index (χ4n) is 3.72. The summed E-state index contributed by atoms with van der Waals surface area (Å²) in [5.74, 6) is 0.219. The zero-order valence-electron chi connectivity index (χ0n) is 17.6. The zero-order valence-corrected chi connectivity index (χ0v) is 17.6. The molecule has 0 aliphatic carbocycles. The van der Waals surface area contributed by atoms with E-state index in [0.29, 0.717) is 18.2 Å². The van der Waals surface area contributed by atoms with Crippen molar-refractivity contribution in [1.29, 1.82) is 0 Å². The number of anilines is 2. The van der Waals surface area contributed by atoms with Crippen molar-refractivity contribution in [2.24, 2.45) is 7.05 Å². The van der Waals surface area contributed by atoms with Crippen molar-refractivity contribution in [2.45, 2.75) is 12.0 Å². The summed E-state index contributed by atoms with van der Waals surface area (Å²) in [4.78, 5) is 22.7. The predicted molar refractivity (Wildman–Crippen MR) is 116 cm³/mol. The maximum Gasteiger partial charge on any atom is 0.262 e. The Kier molecular flexibility index (Phi) is 4.71. The number of benzene rings is 1. The number of carbonyl (C=O) groups excluding carboxylic acids is 1. The molecule has 0 radical (unpaired) electrons. The summed E-state index contributed by atoms with van der Waals surface area (Å²) in [6, 6.07) is 11.1. The van der Waals surface area contributed by atoms with E-state index < -0.39 is 5.60 Å². The van der Waals surface area contributed by atoms with Crippen molar-refractivity contribution in [1.82, 2.24) is 29.8 Å². The van der Waals surface area contributed by atoms with Gasteiger partial charge >= 0.3 is 0 Å². The van der Waals surface area contributed by atoms with Crippen LogP contribution in [0.15, 0.2) is 59.5 Å². The molecule has 1 fully saturated rings. The Labute approximate surface area is 183 Å². The maximum absolute atomic E-state index is 12.3. The molecule has 5 rings (SSSR count). The molecule has 32 heavy (non-hydrogen) atoms. The number of aryl methyl sites for hydroxylation is 1. The number of carbonyl (C=O) groups is 1. The van der Waals surface area contributed by atoms with E-state index in [1.165, 1.54) is 4.90 Å². The van der Waals surface area contributed by atoms with Crippen LogP contribution in [0.4, 0.5) is 11.6 Å². The Bertz CT molecular complexity index is 1300. The third-order valence-electron chi connectivity index (χ3n) is 5.50. The number of hydrogen-bond donors (Lipinski definition) is 2. The molecule has 0 saturated carbocycles. The average molecular weight is 431 g/mol. The summed E-state index contributed by atoms with van der Waals surface area (Å²) in [5, 5.41) is 22.1. The summed E-state index contributed by atoms with van der Waals surface area (Å²) in [6.45, 7) is 0.462. The largest absolute Gasteiger partial charge is 0.373 e. The molecule has 162 valence electrons. The Balaban J connectivity index is 1.42. The van der Waals surface area contributed by atoms with E-state index >= 15 is 0 Å². The topological polar surface area (TPSA) is 122 Å². The Morgan fingerprint density at radius 2 is 1.97 bits per heavy atom. The van der Waals surface area contributed by atoms with Gasteiger partial charge in [0.15, 0.2) is 5.76 Å². The minimum absolute atomic E-state index is 0.150. The molecule has 3 aromatic heterocycles. The minimum Gasteiger partial charge on any atom is -0.373 e. The maximum atomic E-state index is 12.3. The quantitative estimate of drug-likeness (QED) is 0.494. The molecule has 10 heteroatoms. The van der Waals surface area contributed by atoms with Gasteiger partial charge in [0.05, 0.1) is 17.6 Å². The third-order valence-corrected chi connectivity index (χ3v) is 5.50. The molecule has 0 spiro atoms. The number of aromatic nitrogens is 5. The third kappa shape index (κ3) is 3.50. The molecule has 4 heterocycles. The lowest BCUT2D eigenvalue weighted by Gasteiger charge is -2.16. The minimum atomic E-state index is -1.67. The van der Waals surface area contributed by atoms with Gasteiger partial charge in [-0.3, -0.25) is 9.48 Å². The molecule has 1 atom stereocenters. The van der Waals surface area contributed by atoms with Crippen LogP contribution in [0.5, 0.6) is 0 Å². The molecule has 0 unspecified atom stereocenters. The van der Waals surface area contributed by atoms with Gasteiger partial charge in [-0.15, -0.1) is 0 Å². The molecular formula is C22H21N7O3. The summed E-state index contributed by atoms with van der Waals surface area (Å²) in [6.07, 6.45) is 5.48. The van der Waals surface area contributed by atoms with Crippen LogP contribution in [-0.4, -0.2) is 54.4 Å². The number of rotatable bonds is 5.